The molecule has 2 fully saturated rings. The van der Waals surface area contributed by atoms with Gasteiger partial charge in [0.15, 0.2) is 0 Å². The van der Waals surface area contributed by atoms with E-state index in [0.717, 1.165) is 11.8 Å². The molecule has 2 unspecified atom stereocenters. The molecule has 13 heavy (non-hydrogen) atoms. The summed E-state index contributed by atoms with van der Waals surface area (Å²) in [5.74, 6) is 1.91. The predicted molar refractivity (Wildman–Crippen MR) is 56.5 cm³/mol. The quantitative estimate of drug-likeness (QED) is 0.696. The second-order valence-corrected chi connectivity index (χ2v) is 5.09. The Hall–Kier alpha value is -0.0400. The maximum absolute atomic E-state index is 6.16. The SMILES string of the molecule is NC1CCCCC1CC1CCCC1. The third kappa shape index (κ3) is 2.46. The molecular formula is C12H23N. The topological polar surface area (TPSA) is 26.0 Å². The molecule has 0 heterocycles. The van der Waals surface area contributed by atoms with Gasteiger partial charge in [-0.05, 0) is 31.1 Å². The zero-order chi connectivity index (χ0) is 9.10. The van der Waals surface area contributed by atoms with E-state index in [1.807, 2.05) is 0 Å². The van der Waals surface area contributed by atoms with Gasteiger partial charge in [0.25, 0.3) is 0 Å². The summed E-state index contributed by atoms with van der Waals surface area (Å²) in [5, 5.41) is 0. The Morgan fingerprint density at radius 3 is 2.15 bits per heavy atom. The van der Waals surface area contributed by atoms with E-state index < -0.39 is 0 Å². The van der Waals surface area contributed by atoms with Gasteiger partial charge in [0.2, 0.25) is 0 Å². The average Bonchev–Trinajstić information content (AvgIpc) is 2.61. The van der Waals surface area contributed by atoms with Gasteiger partial charge in [0.05, 0.1) is 0 Å². The summed E-state index contributed by atoms with van der Waals surface area (Å²) >= 11 is 0. The van der Waals surface area contributed by atoms with Gasteiger partial charge in [-0.2, -0.15) is 0 Å². The second-order valence-electron chi connectivity index (χ2n) is 5.09. The van der Waals surface area contributed by atoms with Gasteiger partial charge >= 0.3 is 0 Å². The van der Waals surface area contributed by atoms with Gasteiger partial charge < -0.3 is 5.73 Å². The fraction of sp³-hybridized carbons (Fsp3) is 1.00. The molecule has 0 aliphatic heterocycles. The second kappa shape index (κ2) is 4.45. The zero-order valence-electron chi connectivity index (χ0n) is 8.67. The number of hydrogen-bond donors (Lipinski definition) is 1. The molecule has 0 saturated heterocycles. The Morgan fingerprint density at radius 2 is 1.46 bits per heavy atom. The van der Waals surface area contributed by atoms with Crippen LogP contribution in [0.5, 0.6) is 0 Å². The van der Waals surface area contributed by atoms with Crippen molar-refractivity contribution in [2.24, 2.45) is 17.6 Å². The van der Waals surface area contributed by atoms with E-state index in [1.54, 1.807) is 0 Å². The molecule has 0 spiro atoms. The summed E-state index contributed by atoms with van der Waals surface area (Å²) in [6, 6.07) is 0.536. The largest absolute Gasteiger partial charge is 0.327 e. The highest BCUT2D eigenvalue weighted by Crippen LogP contribution is 2.35. The van der Waals surface area contributed by atoms with Crippen molar-refractivity contribution in [3.05, 3.63) is 0 Å². The van der Waals surface area contributed by atoms with Crippen LogP contribution in [0.1, 0.15) is 57.8 Å². The molecule has 76 valence electrons. The van der Waals surface area contributed by atoms with Gasteiger partial charge in [0, 0.05) is 6.04 Å². The van der Waals surface area contributed by atoms with Crippen LogP contribution >= 0.6 is 0 Å². The predicted octanol–water partition coefficient (Wildman–Crippen LogP) is 3.08. The lowest BCUT2D eigenvalue weighted by molar-refractivity contribution is 0.253. The van der Waals surface area contributed by atoms with E-state index in [0.29, 0.717) is 6.04 Å². The third-order valence-corrected chi connectivity index (χ3v) is 4.08. The van der Waals surface area contributed by atoms with E-state index in [1.165, 1.54) is 57.8 Å². The molecule has 2 atom stereocenters. The lowest BCUT2D eigenvalue weighted by atomic mass is 9.79. The average molecular weight is 181 g/mol. The molecule has 1 heteroatoms. The van der Waals surface area contributed by atoms with Gasteiger partial charge in [-0.25, -0.2) is 0 Å². The molecule has 2 N–H and O–H groups in total. The first-order chi connectivity index (χ1) is 6.36. The monoisotopic (exact) mass is 181 g/mol. The maximum Gasteiger partial charge on any atom is 0.00672 e. The van der Waals surface area contributed by atoms with E-state index in [2.05, 4.69) is 0 Å². The summed E-state index contributed by atoms with van der Waals surface area (Å²) in [7, 11) is 0. The fourth-order valence-electron chi connectivity index (χ4n) is 3.20. The smallest absolute Gasteiger partial charge is 0.00672 e. The zero-order valence-corrected chi connectivity index (χ0v) is 8.67. The fourth-order valence-corrected chi connectivity index (χ4v) is 3.20. The first-order valence-electron chi connectivity index (χ1n) is 6.12. The molecule has 0 aromatic rings. The van der Waals surface area contributed by atoms with Crippen molar-refractivity contribution < 1.29 is 0 Å². The minimum atomic E-state index is 0.536. The number of rotatable bonds is 2. The Labute approximate surface area is 82.1 Å². The first kappa shape index (κ1) is 9.51. The summed E-state index contributed by atoms with van der Waals surface area (Å²) in [5.41, 5.74) is 6.16. The third-order valence-electron chi connectivity index (χ3n) is 4.08. The number of hydrogen-bond acceptors (Lipinski definition) is 1. The Balaban J connectivity index is 1.78. The maximum atomic E-state index is 6.16. The van der Waals surface area contributed by atoms with Crippen molar-refractivity contribution in [2.45, 2.75) is 63.8 Å². The number of nitrogens with two attached hydrogens (primary N) is 1. The lowest BCUT2D eigenvalue weighted by Crippen LogP contribution is -2.34. The molecule has 2 aliphatic rings. The van der Waals surface area contributed by atoms with E-state index in [-0.39, 0.29) is 0 Å². The minimum Gasteiger partial charge on any atom is -0.327 e. The molecule has 2 rings (SSSR count). The summed E-state index contributed by atoms with van der Waals surface area (Å²) < 4.78 is 0. The van der Waals surface area contributed by atoms with E-state index in [9.17, 15) is 0 Å². The van der Waals surface area contributed by atoms with Crippen molar-refractivity contribution in [3.8, 4) is 0 Å². The van der Waals surface area contributed by atoms with Crippen molar-refractivity contribution in [3.63, 3.8) is 0 Å². The lowest BCUT2D eigenvalue weighted by Gasteiger charge is -2.30. The molecule has 0 aromatic heterocycles. The highest BCUT2D eigenvalue weighted by Gasteiger charge is 2.26. The molecule has 0 amide bonds. The van der Waals surface area contributed by atoms with Crippen molar-refractivity contribution in [1.82, 2.24) is 0 Å². The minimum absolute atomic E-state index is 0.536. The molecule has 2 aliphatic carbocycles. The summed E-state index contributed by atoms with van der Waals surface area (Å²) in [6.07, 6.45) is 12.9. The van der Waals surface area contributed by atoms with Crippen molar-refractivity contribution >= 4 is 0 Å². The molecule has 0 bridgehead atoms. The van der Waals surface area contributed by atoms with Crippen molar-refractivity contribution in [1.29, 1.82) is 0 Å². The van der Waals surface area contributed by atoms with E-state index >= 15 is 0 Å². The van der Waals surface area contributed by atoms with Gasteiger partial charge in [-0.3, -0.25) is 0 Å². The highest BCUT2D eigenvalue weighted by atomic mass is 14.7. The summed E-state index contributed by atoms with van der Waals surface area (Å²) in [6.45, 7) is 0. The van der Waals surface area contributed by atoms with Crippen LogP contribution in [0.4, 0.5) is 0 Å². The van der Waals surface area contributed by atoms with E-state index in [4.69, 9.17) is 5.73 Å². The Morgan fingerprint density at radius 1 is 0.846 bits per heavy atom. The van der Waals surface area contributed by atoms with Gasteiger partial charge in [0.1, 0.15) is 0 Å². The molecule has 0 aromatic carbocycles. The molecule has 1 nitrogen and oxygen atoms in total. The molecular weight excluding hydrogens is 158 g/mol. The van der Waals surface area contributed by atoms with Crippen LogP contribution in [0, 0.1) is 11.8 Å². The van der Waals surface area contributed by atoms with Gasteiger partial charge in [-0.1, -0.05) is 38.5 Å². The molecule has 2 saturated carbocycles. The van der Waals surface area contributed by atoms with Crippen LogP contribution in [-0.4, -0.2) is 6.04 Å². The van der Waals surface area contributed by atoms with Crippen LogP contribution in [0.2, 0.25) is 0 Å². The standard InChI is InChI=1S/C12H23N/c13-12-8-4-3-7-11(12)9-10-5-1-2-6-10/h10-12H,1-9,13H2. The highest BCUT2D eigenvalue weighted by molar-refractivity contribution is 4.81. The van der Waals surface area contributed by atoms with Crippen LogP contribution in [0.3, 0.4) is 0 Å². The van der Waals surface area contributed by atoms with Crippen LogP contribution in [0.15, 0.2) is 0 Å². The van der Waals surface area contributed by atoms with Crippen molar-refractivity contribution in [2.75, 3.05) is 0 Å². The Kier molecular flexibility index (Phi) is 3.26. The first-order valence-corrected chi connectivity index (χ1v) is 6.12. The summed E-state index contributed by atoms with van der Waals surface area (Å²) in [4.78, 5) is 0. The van der Waals surface area contributed by atoms with Crippen LogP contribution < -0.4 is 5.73 Å². The van der Waals surface area contributed by atoms with Crippen LogP contribution in [0.25, 0.3) is 0 Å². The normalized spacial score (nSPS) is 36.7. The molecule has 0 radical (unpaired) electrons. The Bertz CT molecular complexity index is 149. The van der Waals surface area contributed by atoms with Crippen LogP contribution in [-0.2, 0) is 0 Å². The van der Waals surface area contributed by atoms with Gasteiger partial charge in [-0.15, -0.1) is 0 Å².